The highest BCUT2D eigenvalue weighted by atomic mass is 16.5. The van der Waals surface area contributed by atoms with Gasteiger partial charge in [0.1, 0.15) is 0 Å². The van der Waals surface area contributed by atoms with Gasteiger partial charge in [0, 0.05) is 24.2 Å². The fourth-order valence-corrected chi connectivity index (χ4v) is 1.78. The van der Waals surface area contributed by atoms with Gasteiger partial charge in [0.05, 0.1) is 6.10 Å². The molecule has 1 aliphatic carbocycles. The maximum atomic E-state index is 6.03. The molecule has 2 rings (SSSR count). The number of ether oxygens (including phenoxy) is 1. The van der Waals surface area contributed by atoms with E-state index in [4.69, 9.17) is 10.5 Å². The van der Waals surface area contributed by atoms with Crippen molar-refractivity contribution in [3.63, 3.8) is 0 Å². The van der Waals surface area contributed by atoms with E-state index in [0.29, 0.717) is 6.10 Å². The maximum Gasteiger partial charge on any atom is 0.0726 e. The summed E-state index contributed by atoms with van der Waals surface area (Å²) in [5.41, 5.74) is 6.28. The number of hydrogen-bond acceptors (Lipinski definition) is 3. The molecule has 0 aromatic carbocycles. The van der Waals surface area contributed by atoms with Crippen LogP contribution in [0.15, 0.2) is 0 Å². The molecule has 0 aromatic heterocycles. The molecule has 0 spiro atoms. The molecular formula is C10H20N2O. The summed E-state index contributed by atoms with van der Waals surface area (Å²) in [6.45, 7) is 6.19. The van der Waals surface area contributed by atoms with Crippen LogP contribution < -0.4 is 11.1 Å². The van der Waals surface area contributed by atoms with Gasteiger partial charge >= 0.3 is 0 Å². The monoisotopic (exact) mass is 184 g/mol. The van der Waals surface area contributed by atoms with Crippen molar-refractivity contribution in [3.8, 4) is 0 Å². The van der Waals surface area contributed by atoms with E-state index in [-0.39, 0.29) is 11.1 Å². The Bertz CT molecular complexity index is 203. The zero-order chi connectivity index (χ0) is 9.53. The van der Waals surface area contributed by atoms with Gasteiger partial charge in [0.15, 0.2) is 0 Å². The highest BCUT2D eigenvalue weighted by Gasteiger charge is 2.42. The molecule has 2 atom stereocenters. The minimum Gasteiger partial charge on any atom is -0.377 e. The van der Waals surface area contributed by atoms with Crippen LogP contribution in [0, 0.1) is 0 Å². The van der Waals surface area contributed by atoms with Crippen LogP contribution in [0.5, 0.6) is 0 Å². The van der Waals surface area contributed by atoms with E-state index in [0.717, 1.165) is 19.6 Å². The van der Waals surface area contributed by atoms with E-state index in [1.54, 1.807) is 0 Å². The van der Waals surface area contributed by atoms with Gasteiger partial charge in [-0.15, -0.1) is 0 Å². The Morgan fingerprint density at radius 2 is 2.15 bits per heavy atom. The van der Waals surface area contributed by atoms with Crippen molar-refractivity contribution in [1.82, 2.24) is 5.32 Å². The summed E-state index contributed by atoms with van der Waals surface area (Å²) in [5.74, 6) is 0. The quantitative estimate of drug-likeness (QED) is 0.676. The van der Waals surface area contributed by atoms with E-state index in [1.165, 1.54) is 12.8 Å². The Hall–Kier alpha value is -0.120. The summed E-state index contributed by atoms with van der Waals surface area (Å²) in [6, 6.07) is 0. The van der Waals surface area contributed by atoms with Gasteiger partial charge in [-0.3, -0.25) is 0 Å². The second-order valence-electron chi connectivity index (χ2n) is 4.90. The van der Waals surface area contributed by atoms with Crippen molar-refractivity contribution in [3.05, 3.63) is 0 Å². The van der Waals surface area contributed by atoms with Crippen molar-refractivity contribution < 1.29 is 4.74 Å². The summed E-state index contributed by atoms with van der Waals surface area (Å²) < 4.78 is 5.55. The van der Waals surface area contributed by atoms with E-state index in [1.807, 2.05) is 0 Å². The van der Waals surface area contributed by atoms with E-state index < -0.39 is 0 Å². The van der Waals surface area contributed by atoms with Gasteiger partial charge in [-0.25, -0.2) is 0 Å². The Morgan fingerprint density at radius 1 is 1.46 bits per heavy atom. The average Bonchev–Trinajstić information content (AvgIpc) is 2.73. The Labute approximate surface area is 80.0 Å². The highest BCUT2D eigenvalue weighted by Crippen LogP contribution is 2.33. The van der Waals surface area contributed by atoms with Crippen LogP contribution in [-0.2, 0) is 4.74 Å². The maximum absolute atomic E-state index is 6.03. The average molecular weight is 184 g/mol. The van der Waals surface area contributed by atoms with E-state index in [9.17, 15) is 0 Å². The molecule has 13 heavy (non-hydrogen) atoms. The molecule has 0 bridgehead atoms. The summed E-state index contributed by atoms with van der Waals surface area (Å²) >= 11 is 0. The molecule has 0 radical (unpaired) electrons. The van der Waals surface area contributed by atoms with Crippen LogP contribution in [-0.4, -0.2) is 30.3 Å². The third-order valence-electron chi connectivity index (χ3n) is 3.62. The summed E-state index contributed by atoms with van der Waals surface area (Å²) in [6.07, 6.45) is 3.76. The third-order valence-corrected chi connectivity index (χ3v) is 3.62. The molecule has 0 aromatic rings. The number of nitrogens with one attached hydrogen (secondary N) is 1. The zero-order valence-corrected chi connectivity index (χ0v) is 8.60. The molecule has 2 fully saturated rings. The second-order valence-corrected chi connectivity index (χ2v) is 4.90. The molecule has 0 amide bonds. The lowest BCUT2D eigenvalue weighted by molar-refractivity contribution is 0.0879. The van der Waals surface area contributed by atoms with Crippen LogP contribution in [0.3, 0.4) is 0 Å². The van der Waals surface area contributed by atoms with Crippen LogP contribution in [0.2, 0.25) is 0 Å². The van der Waals surface area contributed by atoms with Crippen molar-refractivity contribution >= 4 is 0 Å². The fraction of sp³-hybridized carbons (Fsp3) is 1.00. The highest BCUT2D eigenvalue weighted by molar-refractivity contribution is 5.04. The van der Waals surface area contributed by atoms with Gasteiger partial charge in [0.25, 0.3) is 0 Å². The van der Waals surface area contributed by atoms with Gasteiger partial charge in [0.2, 0.25) is 0 Å². The Morgan fingerprint density at radius 3 is 2.62 bits per heavy atom. The molecule has 1 aliphatic heterocycles. The number of nitrogens with two attached hydrogens (primary N) is 1. The Kier molecular flexibility index (Phi) is 2.13. The first-order chi connectivity index (χ1) is 6.04. The summed E-state index contributed by atoms with van der Waals surface area (Å²) in [7, 11) is 0. The fourth-order valence-electron chi connectivity index (χ4n) is 1.78. The molecule has 1 saturated heterocycles. The normalized spacial score (nSPS) is 42.2. The van der Waals surface area contributed by atoms with Gasteiger partial charge in [-0.2, -0.15) is 0 Å². The minimum absolute atomic E-state index is 0.103. The van der Waals surface area contributed by atoms with Crippen molar-refractivity contribution in [2.75, 3.05) is 13.2 Å². The molecule has 3 heteroatoms. The van der Waals surface area contributed by atoms with Gasteiger partial charge in [-0.1, -0.05) is 0 Å². The first kappa shape index (κ1) is 9.44. The number of hydrogen-bond donors (Lipinski definition) is 2. The molecule has 1 saturated carbocycles. The minimum atomic E-state index is 0.103. The summed E-state index contributed by atoms with van der Waals surface area (Å²) in [5, 5.41) is 3.56. The zero-order valence-electron chi connectivity index (χ0n) is 8.60. The SMILES string of the molecule is CC1OCCC1(C)NCC1(N)CC1. The Balaban J connectivity index is 1.85. The lowest BCUT2D eigenvalue weighted by atomic mass is 9.94. The molecule has 2 aliphatic rings. The molecule has 2 unspecified atom stereocenters. The first-order valence-corrected chi connectivity index (χ1v) is 5.20. The van der Waals surface area contributed by atoms with Crippen molar-refractivity contribution in [1.29, 1.82) is 0 Å². The van der Waals surface area contributed by atoms with Crippen LogP contribution >= 0.6 is 0 Å². The smallest absolute Gasteiger partial charge is 0.0726 e. The summed E-state index contributed by atoms with van der Waals surface area (Å²) in [4.78, 5) is 0. The van der Waals surface area contributed by atoms with Crippen LogP contribution in [0.25, 0.3) is 0 Å². The predicted octanol–water partition coefficient (Wildman–Crippen LogP) is 0.635. The molecule has 76 valence electrons. The van der Waals surface area contributed by atoms with Crippen LogP contribution in [0.4, 0.5) is 0 Å². The van der Waals surface area contributed by atoms with Gasteiger partial charge in [-0.05, 0) is 33.1 Å². The van der Waals surface area contributed by atoms with Crippen molar-refractivity contribution in [2.45, 2.75) is 50.3 Å². The number of rotatable bonds is 3. The molecule has 3 N–H and O–H groups in total. The van der Waals surface area contributed by atoms with Crippen molar-refractivity contribution in [2.24, 2.45) is 5.73 Å². The van der Waals surface area contributed by atoms with Crippen LogP contribution in [0.1, 0.15) is 33.1 Å². The lowest BCUT2D eigenvalue weighted by Crippen LogP contribution is -2.52. The standard InChI is InChI=1S/C10H20N2O/c1-8-9(2,5-6-13-8)12-7-10(11)3-4-10/h8,12H,3-7,11H2,1-2H3. The topological polar surface area (TPSA) is 47.3 Å². The lowest BCUT2D eigenvalue weighted by Gasteiger charge is -2.30. The predicted molar refractivity (Wildman–Crippen MR) is 52.6 cm³/mol. The van der Waals surface area contributed by atoms with E-state index in [2.05, 4.69) is 19.2 Å². The molecule has 3 nitrogen and oxygen atoms in total. The second kappa shape index (κ2) is 2.94. The molecular weight excluding hydrogens is 164 g/mol. The van der Waals surface area contributed by atoms with Gasteiger partial charge < -0.3 is 15.8 Å². The third kappa shape index (κ3) is 1.87. The molecule has 1 heterocycles. The first-order valence-electron chi connectivity index (χ1n) is 5.20. The largest absolute Gasteiger partial charge is 0.377 e. The van der Waals surface area contributed by atoms with E-state index >= 15 is 0 Å².